The third-order valence-electron chi connectivity index (χ3n) is 7.01. The summed E-state index contributed by atoms with van der Waals surface area (Å²) in [5, 5.41) is 46.3. The maximum atomic E-state index is 12.4. The Morgan fingerprint density at radius 2 is 1.42 bits per heavy atom. The highest BCUT2D eigenvalue weighted by molar-refractivity contribution is 14.1. The van der Waals surface area contributed by atoms with Gasteiger partial charge in [0, 0.05) is 29.7 Å². The smallest absolute Gasteiger partial charge is 0.356 e. The van der Waals surface area contributed by atoms with Crippen LogP contribution in [0.25, 0.3) is 5.69 Å². The van der Waals surface area contributed by atoms with Crippen LogP contribution in [0.3, 0.4) is 0 Å². The van der Waals surface area contributed by atoms with E-state index >= 15 is 0 Å². The second kappa shape index (κ2) is 14.6. The fraction of sp³-hybridized carbons (Fsp3) is 0.267. The maximum absolute atomic E-state index is 12.4. The number of hydrogen-bond acceptors (Lipinski definition) is 6. The number of nitrogens with zero attached hydrogens (tertiary/aromatic N) is 5. The molecule has 0 radical (unpaired) electrons. The minimum Gasteiger partial charge on any atom is -0.476 e. The average molecular weight is 806 g/mol. The van der Waals surface area contributed by atoms with Crippen LogP contribution in [0, 0.1) is 35.6 Å². The van der Waals surface area contributed by atoms with E-state index in [9.17, 15) is 19.1 Å². The van der Waals surface area contributed by atoms with Crippen molar-refractivity contribution in [3.05, 3.63) is 94.4 Å². The zero-order valence-corrected chi connectivity index (χ0v) is 27.0. The average Bonchev–Trinajstić information content (AvgIpc) is 3.61. The minimum absolute atomic E-state index is 0.157. The van der Waals surface area contributed by atoms with Gasteiger partial charge in [0.15, 0.2) is 11.4 Å². The fourth-order valence-electron chi connectivity index (χ4n) is 4.95. The lowest BCUT2D eigenvalue weighted by Crippen LogP contribution is -2.08. The number of carbonyl (C=O) groups is 2. The zero-order valence-electron chi connectivity index (χ0n) is 22.7. The monoisotopic (exact) mass is 806 g/mol. The normalized spacial score (nSPS) is 13.0. The largest absolute Gasteiger partial charge is 0.476 e. The summed E-state index contributed by atoms with van der Waals surface area (Å²) in [6.45, 7) is 0. The van der Waals surface area contributed by atoms with E-state index in [-0.39, 0.29) is 17.2 Å². The van der Waals surface area contributed by atoms with Crippen LogP contribution in [0.1, 0.15) is 80.3 Å². The third kappa shape index (κ3) is 7.58. The molecule has 2 heterocycles. The van der Waals surface area contributed by atoms with Crippen LogP contribution in [0.15, 0.2) is 36.4 Å². The lowest BCUT2D eigenvalue weighted by Gasteiger charge is -2.14. The Bertz CT molecular complexity index is 1770. The zero-order chi connectivity index (χ0) is 31.1. The lowest BCUT2D eigenvalue weighted by molar-refractivity contribution is 0.0678. The summed E-state index contributed by atoms with van der Waals surface area (Å²) in [6, 6.07) is 13.6. The van der Waals surface area contributed by atoms with Gasteiger partial charge < -0.3 is 10.2 Å². The van der Waals surface area contributed by atoms with E-state index in [2.05, 4.69) is 44.0 Å². The number of aryl methyl sites for hydroxylation is 1. The van der Waals surface area contributed by atoms with Crippen molar-refractivity contribution in [3.8, 4) is 17.8 Å². The van der Waals surface area contributed by atoms with Gasteiger partial charge in [-0.05, 0) is 133 Å². The molecule has 6 rings (SSSR count). The van der Waals surface area contributed by atoms with Crippen LogP contribution in [-0.4, -0.2) is 42.1 Å². The number of nitrogens with one attached hydrogen (secondary N) is 1. The molecule has 3 N–H and O–H groups in total. The van der Waals surface area contributed by atoms with Crippen molar-refractivity contribution in [3.63, 3.8) is 0 Å². The van der Waals surface area contributed by atoms with Gasteiger partial charge in [0.05, 0.1) is 16.8 Å². The molecule has 2 aromatic carbocycles. The number of benzene rings is 2. The molecule has 0 bridgehead atoms. The Labute approximate surface area is 273 Å². The van der Waals surface area contributed by atoms with Gasteiger partial charge in [-0.1, -0.05) is 0 Å². The van der Waals surface area contributed by atoms with Crippen LogP contribution in [0.4, 0.5) is 4.39 Å². The van der Waals surface area contributed by atoms with Crippen molar-refractivity contribution in [2.75, 3.05) is 0 Å². The van der Waals surface area contributed by atoms with Crippen molar-refractivity contribution >= 4 is 57.1 Å². The summed E-state index contributed by atoms with van der Waals surface area (Å²) in [5.41, 5.74) is 6.07. The first kappa shape index (κ1) is 32.1. The Morgan fingerprint density at radius 1 is 0.837 bits per heavy atom. The van der Waals surface area contributed by atoms with Crippen LogP contribution >= 0.6 is 45.2 Å². The molecule has 0 spiro atoms. The predicted molar refractivity (Wildman–Crippen MR) is 171 cm³/mol. The van der Waals surface area contributed by atoms with Crippen LogP contribution in [0.2, 0.25) is 0 Å². The number of aromatic amines is 1. The molecule has 0 aliphatic heterocycles. The van der Waals surface area contributed by atoms with E-state index < -0.39 is 11.9 Å². The second-order valence-electron chi connectivity index (χ2n) is 9.75. The number of nitriles is 2. The topological polar surface area (TPSA) is 169 Å². The fourth-order valence-corrected chi connectivity index (χ4v) is 6.17. The standard InChI is InChI=1S/C15H12IN3O2.C8H10N2O2.C7H3FIN/c16-12-7-10(6-5-9(12)8-17)19-13-4-2-1-3-11(13)14(18-19)15(20)21;11-8(12)7-5-3-1-2-4-6(5)9-10-7;8-6-2-1-5(4-10)7(9)3-6/h5-7H,1-4H2,(H,20,21);1-4H2,(H,9,10)(H,11,12);1-3H. The molecule has 43 heavy (non-hydrogen) atoms. The number of aromatic carboxylic acids is 2. The summed E-state index contributed by atoms with van der Waals surface area (Å²) in [7, 11) is 0. The number of rotatable bonds is 3. The van der Waals surface area contributed by atoms with E-state index in [4.69, 9.17) is 15.6 Å². The molecule has 0 fully saturated rings. The Balaban J connectivity index is 0.000000163. The van der Waals surface area contributed by atoms with Crippen LogP contribution in [0.5, 0.6) is 0 Å². The molecule has 0 saturated heterocycles. The van der Waals surface area contributed by atoms with E-state index in [0.29, 0.717) is 14.7 Å². The number of hydrogen-bond donors (Lipinski definition) is 3. The van der Waals surface area contributed by atoms with E-state index in [1.165, 1.54) is 18.2 Å². The van der Waals surface area contributed by atoms with Gasteiger partial charge in [0.2, 0.25) is 0 Å². The number of carboxylic acids is 2. The van der Waals surface area contributed by atoms with Crippen molar-refractivity contribution in [1.29, 1.82) is 10.5 Å². The summed E-state index contributed by atoms with van der Waals surface area (Å²) >= 11 is 4.03. The molecule has 10 nitrogen and oxygen atoms in total. The van der Waals surface area contributed by atoms with Gasteiger partial charge >= 0.3 is 11.9 Å². The highest BCUT2D eigenvalue weighted by Crippen LogP contribution is 2.28. The number of H-pyrrole nitrogens is 1. The molecule has 4 aromatic rings. The third-order valence-corrected chi connectivity index (χ3v) is 8.80. The molecule has 220 valence electrons. The Morgan fingerprint density at radius 3 is 2.02 bits per heavy atom. The first-order chi connectivity index (χ1) is 20.6. The summed E-state index contributed by atoms with van der Waals surface area (Å²) in [5.74, 6) is -2.20. The number of fused-ring (bicyclic) bond motifs is 2. The first-order valence-electron chi connectivity index (χ1n) is 13.3. The second-order valence-corrected chi connectivity index (χ2v) is 12.1. The van der Waals surface area contributed by atoms with Crippen molar-refractivity contribution in [2.45, 2.75) is 51.4 Å². The van der Waals surface area contributed by atoms with Crippen LogP contribution < -0.4 is 0 Å². The summed E-state index contributed by atoms with van der Waals surface area (Å²) < 4.78 is 15.6. The molecular formula is C30H25FI2N6O4. The molecule has 2 aromatic heterocycles. The summed E-state index contributed by atoms with van der Waals surface area (Å²) in [6.07, 6.45) is 7.66. The van der Waals surface area contributed by atoms with Gasteiger partial charge in [0.25, 0.3) is 0 Å². The van der Waals surface area contributed by atoms with Gasteiger partial charge in [-0.2, -0.15) is 20.7 Å². The Kier molecular flexibility index (Phi) is 10.9. The summed E-state index contributed by atoms with van der Waals surface area (Å²) in [4.78, 5) is 22.0. The highest BCUT2D eigenvalue weighted by Gasteiger charge is 2.25. The van der Waals surface area contributed by atoms with Gasteiger partial charge in [-0.25, -0.2) is 18.7 Å². The number of carboxylic acid groups (broad SMARTS) is 2. The van der Waals surface area contributed by atoms with E-state index in [1.807, 2.05) is 40.8 Å². The lowest BCUT2D eigenvalue weighted by atomic mass is 9.95. The van der Waals surface area contributed by atoms with Gasteiger partial charge in [-0.15, -0.1) is 0 Å². The SMILES string of the molecule is N#Cc1ccc(-n2nc(C(=O)O)c3c2CCCC3)cc1I.N#Cc1ccc(F)cc1I.O=C(O)c1n[nH]c2c1CCCC2. The van der Waals surface area contributed by atoms with Crippen molar-refractivity contribution in [1.82, 2.24) is 20.0 Å². The van der Waals surface area contributed by atoms with Crippen LogP contribution in [-0.2, 0) is 25.7 Å². The van der Waals surface area contributed by atoms with Gasteiger partial charge in [0.1, 0.15) is 18.0 Å². The molecule has 0 saturated carbocycles. The quantitative estimate of drug-likeness (QED) is 0.205. The molecule has 13 heteroatoms. The van der Waals surface area contributed by atoms with Crippen molar-refractivity contribution in [2.24, 2.45) is 0 Å². The number of aromatic nitrogens is 4. The molecule has 0 atom stereocenters. The first-order valence-corrected chi connectivity index (χ1v) is 15.5. The highest BCUT2D eigenvalue weighted by atomic mass is 127. The van der Waals surface area contributed by atoms with Crippen molar-refractivity contribution < 1.29 is 24.2 Å². The predicted octanol–water partition coefficient (Wildman–Crippen LogP) is 6.21. The Hall–Kier alpha value is -3.83. The molecule has 0 amide bonds. The maximum Gasteiger partial charge on any atom is 0.356 e. The van der Waals surface area contributed by atoms with Gasteiger partial charge in [-0.3, -0.25) is 5.10 Å². The van der Waals surface area contributed by atoms with E-state index in [0.717, 1.165) is 83.1 Å². The number of halogens is 3. The molecule has 2 aliphatic rings. The molecular weight excluding hydrogens is 781 g/mol. The molecule has 0 unspecified atom stereocenters. The minimum atomic E-state index is -0.977. The van der Waals surface area contributed by atoms with E-state index in [1.54, 1.807) is 10.7 Å². The molecule has 2 aliphatic carbocycles.